The molecule has 144 valence electrons. The number of rotatable bonds is 6. The van der Waals surface area contributed by atoms with Crippen molar-refractivity contribution in [2.45, 2.75) is 31.3 Å². The second-order valence-corrected chi connectivity index (χ2v) is 8.20. The number of hydrogen-bond donors (Lipinski definition) is 2. The largest absolute Gasteiger partial charge is 0.506 e. The summed E-state index contributed by atoms with van der Waals surface area (Å²) in [4.78, 5) is 6.76. The number of aromatic hydroxyl groups is 1. The normalized spacial score (nSPS) is 27.6. The molecule has 2 aliphatic rings. The van der Waals surface area contributed by atoms with Crippen LogP contribution in [0.25, 0.3) is 0 Å². The van der Waals surface area contributed by atoms with E-state index in [0.717, 1.165) is 55.9 Å². The summed E-state index contributed by atoms with van der Waals surface area (Å²) in [6.07, 6.45) is 4.86. The molecule has 4 rings (SSSR count). The average molecular weight is 368 g/mol. The summed E-state index contributed by atoms with van der Waals surface area (Å²) in [7, 11) is 1.68. The van der Waals surface area contributed by atoms with Crippen LogP contribution in [0.5, 0.6) is 11.5 Å². The number of hydrogen-bond acceptors (Lipinski definition) is 5. The second-order valence-electron chi connectivity index (χ2n) is 8.20. The molecular weight excluding hydrogens is 340 g/mol. The Labute approximate surface area is 160 Å². The van der Waals surface area contributed by atoms with Crippen LogP contribution >= 0.6 is 0 Å². The van der Waals surface area contributed by atoms with Crippen molar-refractivity contribution in [2.75, 3.05) is 26.7 Å². The molecule has 0 amide bonds. The fourth-order valence-electron chi connectivity index (χ4n) is 4.88. The third-order valence-electron chi connectivity index (χ3n) is 6.10. The van der Waals surface area contributed by atoms with Crippen molar-refractivity contribution in [3.8, 4) is 11.5 Å². The van der Waals surface area contributed by atoms with Crippen molar-refractivity contribution in [2.24, 2.45) is 11.8 Å². The number of pyridine rings is 1. The second kappa shape index (κ2) is 7.49. The number of fused-ring (bicyclic) bond motifs is 1. The summed E-state index contributed by atoms with van der Waals surface area (Å²) in [5.74, 6) is 2.22. The zero-order chi connectivity index (χ0) is 18.9. The summed E-state index contributed by atoms with van der Waals surface area (Å²) in [5.41, 5.74) is 1.57. The van der Waals surface area contributed by atoms with E-state index < -0.39 is 5.60 Å². The standard InChI is InChI=1S/C22H28N2O3/c1-27-21-4-2-3-16(9-21)10-22(26)11-17-14-24(15-18(17)12-22)8-7-19-5-6-20(25)13-23-19/h2-6,9,13,17-18,25-26H,7-8,10-12,14-15H2,1H3/t17-,18+,22?. The average Bonchev–Trinajstić information content (AvgIpc) is 3.15. The van der Waals surface area contributed by atoms with Crippen LogP contribution in [0.3, 0.4) is 0 Å². The smallest absolute Gasteiger partial charge is 0.133 e. The molecule has 2 aromatic rings. The molecule has 0 spiro atoms. The molecule has 2 heterocycles. The van der Waals surface area contributed by atoms with Crippen molar-refractivity contribution in [1.29, 1.82) is 0 Å². The highest BCUT2D eigenvalue weighted by Gasteiger charge is 2.47. The van der Waals surface area contributed by atoms with Crippen LogP contribution < -0.4 is 4.74 Å². The first-order valence-corrected chi connectivity index (χ1v) is 9.74. The molecule has 3 atom stereocenters. The van der Waals surface area contributed by atoms with Crippen LogP contribution in [0.15, 0.2) is 42.6 Å². The van der Waals surface area contributed by atoms with Crippen molar-refractivity contribution in [3.63, 3.8) is 0 Å². The monoisotopic (exact) mass is 368 g/mol. The zero-order valence-corrected chi connectivity index (χ0v) is 15.8. The molecule has 1 aromatic heterocycles. The molecule has 2 N–H and O–H groups in total. The van der Waals surface area contributed by atoms with Gasteiger partial charge in [0.1, 0.15) is 11.5 Å². The SMILES string of the molecule is COc1cccc(CC2(O)C[C@H]3CN(CCc4ccc(O)cn4)C[C@H]3C2)c1. The molecule has 1 unspecified atom stereocenters. The lowest BCUT2D eigenvalue weighted by Gasteiger charge is -2.26. The number of nitrogens with zero attached hydrogens (tertiary/aromatic N) is 2. The van der Waals surface area contributed by atoms with Crippen LogP contribution in [0, 0.1) is 11.8 Å². The molecule has 1 aromatic carbocycles. The summed E-state index contributed by atoms with van der Waals surface area (Å²) >= 11 is 0. The van der Waals surface area contributed by atoms with E-state index >= 15 is 0 Å². The summed E-state index contributed by atoms with van der Waals surface area (Å²) in [6, 6.07) is 11.6. The van der Waals surface area contributed by atoms with Gasteiger partial charge in [-0.1, -0.05) is 12.1 Å². The lowest BCUT2D eigenvalue weighted by atomic mass is 9.91. The molecule has 1 aliphatic heterocycles. The van der Waals surface area contributed by atoms with Gasteiger partial charge >= 0.3 is 0 Å². The number of ether oxygens (including phenoxy) is 1. The van der Waals surface area contributed by atoms with Gasteiger partial charge in [-0.3, -0.25) is 4.98 Å². The maximum absolute atomic E-state index is 11.1. The van der Waals surface area contributed by atoms with Crippen LogP contribution in [0.4, 0.5) is 0 Å². The van der Waals surface area contributed by atoms with Gasteiger partial charge in [-0.2, -0.15) is 0 Å². The Morgan fingerprint density at radius 1 is 1.19 bits per heavy atom. The van der Waals surface area contributed by atoms with Gasteiger partial charge in [0.2, 0.25) is 0 Å². The number of likely N-dealkylation sites (tertiary alicyclic amines) is 1. The first-order valence-electron chi connectivity index (χ1n) is 9.74. The Morgan fingerprint density at radius 3 is 2.63 bits per heavy atom. The number of aromatic nitrogens is 1. The van der Waals surface area contributed by atoms with Gasteiger partial charge in [-0.15, -0.1) is 0 Å². The molecule has 0 bridgehead atoms. The van der Waals surface area contributed by atoms with E-state index in [4.69, 9.17) is 4.74 Å². The minimum atomic E-state index is -0.591. The van der Waals surface area contributed by atoms with E-state index in [9.17, 15) is 10.2 Å². The molecule has 2 fully saturated rings. The van der Waals surface area contributed by atoms with Gasteiger partial charge in [0.15, 0.2) is 0 Å². The van der Waals surface area contributed by atoms with E-state index in [0.29, 0.717) is 18.3 Å². The Balaban J connectivity index is 1.30. The van der Waals surface area contributed by atoms with Crippen LogP contribution in [0.2, 0.25) is 0 Å². The van der Waals surface area contributed by atoms with Gasteiger partial charge in [-0.25, -0.2) is 0 Å². The maximum Gasteiger partial charge on any atom is 0.133 e. The van der Waals surface area contributed by atoms with E-state index in [1.54, 1.807) is 13.2 Å². The molecule has 5 heteroatoms. The van der Waals surface area contributed by atoms with Crippen molar-refractivity contribution >= 4 is 0 Å². The van der Waals surface area contributed by atoms with Crippen LogP contribution in [0.1, 0.15) is 24.1 Å². The first-order chi connectivity index (χ1) is 13.0. The van der Waals surface area contributed by atoms with Gasteiger partial charge in [0.25, 0.3) is 0 Å². The first kappa shape index (κ1) is 18.3. The Bertz CT molecular complexity index is 763. The maximum atomic E-state index is 11.1. The van der Waals surface area contributed by atoms with Crippen molar-refractivity contribution in [1.82, 2.24) is 9.88 Å². The molecule has 0 radical (unpaired) electrons. The number of aliphatic hydroxyl groups is 1. The lowest BCUT2D eigenvalue weighted by molar-refractivity contribution is 0.0355. The third-order valence-corrected chi connectivity index (χ3v) is 6.10. The molecule has 1 saturated carbocycles. The highest BCUT2D eigenvalue weighted by molar-refractivity contribution is 5.29. The predicted molar refractivity (Wildman–Crippen MR) is 104 cm³/mol. The summed E-state index contributed by atoms with van der Waals surface area (Å²) in [5, 5.41) is 20.5. The van der Waals surface area contributed by atoms with Crippen LogP contribution in [-0.2, 0) is 12.8 Å². The molecule has 1 saturated heterocycles. The quantitative estimate of drug-likeness (QED) is 0.821. The summed E-state index contributed by atoms with van der Waals surface area (Å²) in [6.45, 7) is 3.10. The molecular formula is C22H28N2O3. The van der Waals surface area contributed by atoms with Crippen molar-refractivity contribution in [3.05, 3.63) is 53.9 Å². The van der Waals surface area contributed by atoms with Gasteiger partial charge in [-0.05, 0) is 54.5 Å². The Kier molecular flexibility index (Phi) is 5.06. The van der Waals surface area contributed by atoms with E-state index in [-0.39, 0.29) is 5.75 Å². The fourth-order valence-corrected chi connectivity index (χ4v) is 4.88. The molecule has 27 heavy (non-hydrogen) atoms. The molecule has 5 nitrogen and oxygen atoms in total. The number of benzene rings is 1. The zero-order valence-electron chi connectivity index (χ0n) is 15.8. The van der Waals surface area contributed by atoms with Crippen molar-refractivity contribution < 1.29 is 14.9 Å². The minimum Gasteiger partial charge on any atom is -0.506 e. The third kappa shape index (κ3) is 4.25. The van der Waals surface area contributed by atoms with Gasteiger partial charge in [0, 0.05) is 38.2 Å². The number of methoxy groups -OCH3 is 1. The van der Waals surface area contributed by atoms with E-state index in [1.807, 2.05) is 24.3 Å². The highest BCUT2D eigenvalue weighted by Crippen LogP contribution is 2.45. The topological polar surface area (TPSA) is 65.8 Å². The minimum absolute atomic E-state index is 0.213. The molecule has 1 aliphatic carbocycles. The van der Waals surface area contributed by atoms with E-state index in [1.165, 1.54) is 6.20 Å². The predicted octanol–water partition coefficient (Wildman–Crippen LogP) is 2.65. The van der Waals surface area contributed by atoms with E-state index in [2.05, 4.69) is 16.0 Å². The Morgan fingerprint density at radius 2 is 1.96 bits per heavy atom. The lowest BCUT2D eigenvalue weighted by Crippen LogP contribution is -2.32. The Hall–Kier alpha value is -2.11. The highest BCUT2D eigenvalue weighted by atomic mass is 16.5. The van der Waals surface area contributed by atoms with Gasteiger partial charge in [0.05, 0.1) is 18.9 Å². The van der Waals surface area contributed by atoms with Gasteiger partial charge < -0.3 is 19.8 Å². The summed E-state index contributed by atoms with van der Waals surface area (Å²) < 4.78 is 5.30. The van der Waals surface area contributed by atoms with Crippen LogP contribution in [-0.4, -0.2) is 52.4 Å². The fraction of sp³-hybridized carbons (Fsp3) is 0.500.